The Morgan fingerprint density at radius 3 is 2.26 bits per heavy atom. The second kappa shape index (κ2) is 16.2. The summed E-state index contributed by atoms with van der Waals surface area (Å²) in [5.74, 6) is 0.725. The van der Waals surface area contributed by atoms with Gasteiger partial charge in [0.2, 0.25) is 5.75 Å². The van der Waals surface area contributed by atoms with Crippen LogP contribution in [0.3, 0.4) is 0 Å². The topological polar surface area (TPSA) is 138 Å². The number of esters is 2. The number of phenols is 1. The van der Waals surface area contributed by atoms with Crippen LogP contribution >= 0.6 is 0 Å². The summed E-state index contributed by atoms with van der Waals surface area (Å²) in [4.78, 5) is 33.1. The number of nitrogens with one attached hydrogen (secondary N) is 1. The van der Waals surface area contributed by atoms with Crippen LogP contribution in [0.1, 0.15) is 46.1 Å². The van der Waals surface area contributed by atoms with Crippen LogP contribution in [0.25, 0.3) is 17.0 Å². The molecule has 4 aromatic rings. The molecular formula is C41H48N2O10. The molecule has 53 heavy (non-hydrogen) atoms. The van der Waals surface area contributed by atoms with E-state index in [1.54, 1.807) is 44.6 Å². The van der Waals surface area contributed by atoms with Crippen LogP contribution in [0.2, 0.25) is 0 Å². The molecule has 12 nitrogen and oxygen atoms in total. The third-order valence-corrected chi connectivity index (χ3v) is 10.9. The summed E-state index contributed by atoms with van der Waals surface area (Å²) in [6, 6.07) is 16.5. The summed E-state index contributed by atoms with van der Waals surface area (Å²) in [7, 11) is 9.10. The maximum Gasteiger partial charge on any atom is 0.338 e. The summed E-state index contributed by atoms with van der Waals surface area (Å²) in [6.45, 7) is 5.21. The van der Waals surface area contributed by atoms with Gasteiger partial charge in [-0.3, -0.25) is 9.69 Å². The third-order valence-electron chi connectivity index (χ3n) is 10.9. The van der Waals surface area contributed by atoms with Crippen LogP contribution in [0.4, 0.5) is 0 Å². The number of nitrogens with zero attached hydrogens (tertiary/aromatic N) is 1. The molecule has 12 heteroatoms. The molecule has 7 rings (SSSR count). The fourth-order valence-electron chi connectivity index (χ4n) is 8.42. The van der Waals surface area contributed by atoms with Gasteiger partial charge in [0.05, 0.1) is 53.1 Å². The van der Waals surface area contributed by atoms with Gasteiger partial charge in [-0.25, -0.2) is 4.79 Å². The predicted molar refractivity (Wildman–Crippen MR) is 199 cm³/mol. The Labute approximate surface area is 309 Å². The molecule has 1 saturated carbocycles. The molecule has 2 aliphatic heterocycles. The van der Waals surface area contributed by atoms with Crippen molar-refractivity contribution in [1.29, 1.82) is 0 Å². The van der Waals surface area contributed by atoms with Crippen molar-refractivity contribution >= 4 is 28.9 Å². The smallest absolute Gasteiger partial charge is 0.338 e. The van der Waals surface area contributed by atoms with Crippen LogP contribution in [0, 0.1) is 17.8 Å². The number of fused-ring (bicyclic) bond motifs is 6. The van der Waals surface area contributed by atoms with Crippen LogP contribution < -0.4 is 18.9 Å². The first-order chi connectivity index (χ1) is 25.7. The maximum absolute atomic E-state index is 13.5. The van der Waals surface area contributed by atoms with Crippen molar-refractivity contribution in [3.8, 4) is 28.7 Å². The first-order valence-electron chi connectivity index (χ1n) is 17.6. The van der Waals surface area contributed by atoms with Crippen molar-refractivity contribution in [2.45, 2.75) is 37.5 Å². The molecule has 0 spiro atoms. The van der Waals surface area contributed by atoms with Gasteiger partial charge in [-0.2, -0.15) is 0 Å². The number of aromatic nitrogens is 1. The molecule has 0 amide bonds. The lowest BCUT2D eigenvalue weighted by molar-refractivity contribution is -0.176. The molecule has 0 unspecified atom stereocenters. The van der Waals surface area contributed by atoms with E-state index >= 15 is 0 Å². The van der Waals surface area contributed by atoms with Crippen LogP contribution in [0.15, 0.2) is 61.2 Å². The van der Waals surface area contributed by atoms with E-state index in [1.807, 2.05) is 24.3 Å². The highest BCUT2D eigenvalue weighted by Gasteiger charge is 2.54. The number of piperidine rings is 1. The minimum absolute atomic E-state index is 0.0170. The lowest BCUT2D eigenvalue weighted by Gasteiger charge is -2.52. The summed E-state index contributed by atoms with van der Waals surface area (Å²) in [6.07, 6.45) is 2.54. The Kier molecular flexibility index (Phi) is 11.5. The fraction of sp³-hybridized carbons (Fsp3) is 0.415. The Morgan fingerprint density at radius 1 is 0.925 bits per heavy atom. The average molecular weight is 729 g/mol. The number of hydrogen-bond acceptors (Lipinski definition) is 11. The second-order valence-corrected chi connectivity index (χ2v) is 13.5. The quantitative estimate of drug-likeness (QED) is 0.191. The van der Waals surface area contributed by atoms with Gasteiger partial charge in [-0.15, -0.1) is 0 Å². The van der Waals surface area contributed by atoms with E-state index in [4.69, 9.17) is 38.3 Å². The predicted octanol–water partition coefficient (Wildman–Crippen LogP) is 6.21. The van der Waals surface area contributed by atoms with E-state index < -0.39 is 24.1 Å². The largest absolute Gasteiger partial charge is 0.507 e. The first-order valence-corrected chi connectivity index (χ1v) is 17.6. The minimum Gasteiger partial charge on any atom is -0.507 e. The van der Waals surface area contributed by atoms with Gasteiger partial charge in [0.15, 0.2) is 11.5 Å². The molecule has 3 heterocycles. The number of aromatic hydroxyl groups is 1. The average Bonchev–Trinajstić information content (AvgIpc) is 3.57. The highest BCUT2D eigenvalue weighted by molar-refractivity contribution is 5.91. The molecule has 3 aliphatic rings. The Hall–Kier alpha value is -5.20. The number of para-hydroxylation sites is 1. The van der Waals surface area contributed by atoms with Gasteiger partial charge in [-0.05, 0) is 67.0 Å². The zero-order valence-electron chi connectivity index (χ0n) is 31.0. The zero-order chi connectivity index (χ0) is 37.8. The van der Waals surface area contributed by atoms with E-state index in [0.29, 0.717) is 23.7 Å². The number of H-pyrrole nitrogens is 1. The first kappa shape index (κ1) is 37.6. The van der Waals surface area contributed by atoms with Crippen molar-refractivity contribution < 1.29 is 47.9 Å². The van der Waals surface area contributed by atoms with Crippen LogP contribution in [0.5, 0.6) is 28.7 Å². The molecular weight excluding hydrogens is 680 g/mol. The highest BCUT2D eigenvalue weighted by Crippen LogP contribution is 2.51. The van der Waals surface area contributed by atoms with Gasteiger partial charge in [-0.1, -0.05) is 30.9 Å². The van der Waals surface area contributed by atoms with Crippen molar-refractivity contribution in [2.75, 3.05) is 55.7 Å². The van der Waals surface area contributed by atoms with E-state index in [1.165, 1.54) is 45.1 Å². The van der Waals surface area contributed by atoms with E-state index in [9.17, 15) is 9.59 Å². The van der Waals surface area contributed by atoms with Crippen LogP contribution in [-0.4, -0.2) is 94.9 Å². The SMILES string of the molecule is C=Cc1ccccc1O.COC(=O)[C@H]1[C@H]2C[C@@H]3c4[nH]c5cc(OC)ccc5c4CCN3C[C@H]2C[C@@H](OC(=O)c2cc(OC)c(OC)c(OC)c2)[C@@H]1OC. The Morgan fingerprint density at radius 2 is 1.66 bits per heavy atom. The van der Waals surface area contributed by atoms with E-state index in [2.05, 4.69) is 22.5 Å². The Balaban J connectivity index is 0.000000468. The standard InChI is InChI=1S/C33H40N2O9.C8H8O/c1-38-19-7-8-20-21-9-10-35-16-18-13-27(44-32(36)17-11-25(39-2)30(41-4)26(12-17)40-3)31(42-5)28(33(37)43-6)22(18)15-24(35)29(21)34-23(20)14-19;1-2-7-5-3-4-6-8(7)9/h7-8,11-12,14,18,22,24,27-28,31,34H,9-10,13,15-16H2,1-6H3;2-6,9H,1H2/t18-,22+,24-,27-,28+,31+;/m1./s1. The number of rotatable bonds is 9. The lowest BCUT2D eigenvalue weighted by atomic mass is 9.63. The highest BCUT2D eigenvalue weighted by atomic mass is 16.6. The number of methoxy groups -OCH3 is 6. The molecule has 3 aromatic carbocycles. The van der Waals surface area contributed by atoms with Crippen molar-refractivity contribution in [3.63, 3.8) is 0 Å². The molecule has 0 radical (unpaired) electrons. The van der Waals surface area contributed by atoms with Gasteiger partial charge in [0, 0.05) is 48.4 Å². The number of ether oxygens (including phenoxy) is 7. The molecule has 1 aromatic heterocycles. The number of aromatic amines is 1. The van der Waals surface area contributed by atoms with E-state index in [0.717, 1.165) is 42.8 Å². The summed E-state index contributed by atoms with van der Waals surface area (Å²) in [5.41, 5.74) is 4.60. The number of hydrogen-bond donors (Lipinski definition) is 2. The van der Waals surface area contributed by atoms with Crippen molar-refractivity contribution in [3.05, 3.63) is 83.6 Å². The summed E-state index contributed by atoms with van der Waals surface area (Å²) >= 11 is 0. The molecule has 1 saturated heterocycles. The zero-order valence-corrected chi connectivity index (χ0v) is 31.0. The number of phenolic OH excluding ortho intramolecular Hbond substituents is 1. The normalized spacial score (nSPS) is 23.2. The van der Waals surface area contributed by atoms with E-state index in [-0.39, 0.29) is 35.2 Å². The lowest BCUT2D eigenvalue weighted by Crippen LogP contribution is -2.58. The summed E-state index contributed by atoms with van der Waals surface area (Å²) in [5, 5.41) is 10.3. The third kappa shape index (κ3) is 7.25. The van der Waals surface area contributed by atoms with Crippen molar-refractivity contribution in [2.24, 2.45) is 17.8 Å². The van der Waals surface area contributed by atoms with Gasteiger partial charge in [0.1, 0.15) is 23.7 Å². The van der Waals surface area contributed by atoms with Crippen LogP contribution in [-0.2, 0) is 25.4 Å². The molecule has 6 atom stereocenters. The molecule has 2 fully saturated rings. The minimum atomic E-state index is -0.670. The van der Waals surface area contributed by atoms with Gasteiger partial charge in [0.25, 0.3) is 0 Å². The second-order valence-electron chi connectivity index (χ2n) is 13.5. The number of benzene rings is 3. The summed E-state index contributed by atoms with van der Waals surface area (Å²) < 4.78 is 39.1. The number of carbonyl (C=O) groups excluding carboxylic acids is 2. The Bertz CT molecular complexity index is 1930. The van der Waals surface area contributed by atoms with Gasteiger partial charge >= 0.3 is 11.9 Å². The molecule has 1 aliphatic carbocycles. The molecule has 2 N–H and O–H groups in total. The maximum atomic E-state index is 13.5. The molecule has 0 bridgehead atoms. The van der Waals surface area contributed by atoms with Crippen molar-refractivity contribution in [1.82, 2.24) is 9.88 Å². The van der Waals surface area contributed by atoms with Gasteiger partial charge < -0.3 is 43.2 Å². The fourth-order valence-corrected chi connectivity index (χ4v) is 8.42. The number of carbonyl (C=O) groups is 2. The monoisotopic (exact) mass is 728 g/mol. The molecule has 282 valence electrons.